The van der Waals surface area contributed by atoms with Crippen molar-refractivity contribution in [3.05, 3.63) is 11.6 Å². The minimum atomic E-state index is -1.48. The fourth-order valence-corrected chi connectivity index (χ4v) is 11.1. The maximum Gasteiger partial charge on any atom is 0.335 e. The topological polar surface area (TPSA) is 153 Å². The lowest BCUT2D eigenvalue weighted by atomic mass is 9.80. The molecule has 4 saturated heterocycles. The molecule has 320 valence electrons. The molecule has 0 bridgehead atoms. The molecular weight excluding hydrogens is 713 g/mol. The van der Waals surface area contributed by atoms with Crippen molar-refractivity contribution in [1.82, 2.24) is 21.3 Å². The van der Waals surface area contributed by atoms with Crippen LogP contribution in [0.5, 0.6) is 0 Å². The van der Waals surface area contributed by atoms with Crippen molar-refractivity contribution in [2.45, 2.75) is 237 Å². The van der Waals surface area contributed by atoms with E-state index in [-0.39, 0.29) is 49.9 Å². The summed E-state index contributed by atoms with van der Waals surface area (Å²) in [7, 11) is 0. The molecule has 1 unspecified atom stereocenters. The van der Waals surface area contributed by atoms with Crippen molar-refractivity contribution in [2.75, 3.05) is 0 Å². The average molecular weight is 789 g/mol. The van der Waals surface area contributed by atoms with E-state index < -0.39 is 60.6 Å². The van der Waals surface area contributed by atoms with Crippen LogP contribution in [0.4, 0.5) is 0 Å². The van der Waals surface area contributed by atoms with Crippen LogP contribution in [0.1, 0.15) is 169 Å². The van der Waals surface area contributed by atoms with E-state index in [2.05, 4.69) is 104 Å². The van der Waals surface area contributed by atoms with E-state index in [1.54, 1.807) is 0 Å². The molecule has 4 fully saturated rings. The van der Waals surface area contributed by atoms with Gasteiger partial charge in [0.2, 0.25) is 0 Å². The molecule has 4 aliphatic heterocycles. The number of carbonyl (C=O) groups is 4. The fourth-order valence-electron chi connectivity index (χ4n) is 11.1. The van der Waals surface area contributed by atoms with Crippen molar-refractivity contribution >= 4 is 23.9 Å². The summed E-state index contributed by atoms with van der Waals surface area (Å²) in [6.07, 6.45) is 2.95. The maximum absolute atomic E-state index is 14.6. The molecule has 0 aromatic rings. The highest BCUT2D eigenvalue weighted by molar-refractivity contribution is 6.02. The van der Waals surface area contributed by atoms with Crippen LogP contribution >= 0.6 is 0 Å². The van der Waals surface area contributed by atoms with Gasteiger partial charge >= 0.3 is 23.9 Å². The first-order valence-electron chi connectivity index (χ1n) is 20.8. The summed E-state index contributed by atoms with van der Waals surface area (Å²) in [5.74, 6) is -4.54. The number of nitrogens with one attached hydrogen (secondary N) is 4. The molecule has 1 atom stereocenters. The molecule has 12 nitrogen and oxygen atoms in total. The van der Waals surface area contributed by atoms with Crippen LogP contribution in [-0.4, -0.2) is 92.6 Å². The Morgan fingerprint density at radius 1 is 0.464 bits per heavy atom. The summed E-state index contributed by atoms with van der Waals surface area (Å²) in [5.41, 5.74) is -2.87. The predicted molar refractivity (Wildman–Crippen MR) is 218 cm³/mol. The monoisotopic (exact) mass is 789 g/mol. The van der Waals surface area contributed by atoms with E-state index in [0.29, 0.717) is 51.4 Å². The van der Waals surface area contributed by atoms with Crippen molar-refractivity contribution in [1.29, 1.82) is 0 Å². The molecule has 4 heterocycles. The molecule has 0 spiro atoms. The number of hydrogen-bond acceptors (Lipinski definition) is 12. The Morgan fingerprint density at radius 3 is 1.09 bits per heavy atom. The lowest BCUT2D eigenvalue weighted by molar-refractivity contribution is -0.166. The van der Waals surface area contributed by atoms with Gasteiger partial charge in [-0.25, -0.2) is 9.59 Å². The molecule has 0 saturated carbocycles. The Bertz CT molecular complexity index is 1460. The zero-order chi connectivity index (χ0) is 42.5. The van der Waals surface area contributed by atoms with Crippen LogP contribution in [0.25, 0.3) is 0 Å². The quantitative estimate of drug-likeness (QED) is 0.111. The predicted octanol–water partition coefficient (Wildman–Crippen LogP) is 6.33. The first kappa shape index (κ1) is 46.2. The first-order valence-corrected chi connectivity index (χ1v) is 20.8. The molecule has 12 heteroatoms. The summed E-state index contributed by atoms with van der Waals surface area (Å²) in [6.45, 7) is 32.9. The van der Waals surface area contributed by atoms with Gasteiger partial charge in [-0.1, -0.05) is 0 Å². The number of carbonyl (C=O) groups excluding carboxylic acids is 4. The summed E-state index contributed by atoms with van der Waals surface area (Å²) >= 11 is 0. The molecular formula is C44H76N4O8. The number of ether oxygens (including phenoxy) is 4. The zero-order valence-corrected chi connectivity index (χ0v) is 37.6. The third kappa shape index (κ3) is 13.8. The molecule has 4 N–H and O–H groups in total. The number of piperidine rings is 4. The Labute approximate surface area is 337 Å². The van der Waals surface area contributed by atoms with Crippen molar-refractivity contribution in [2.24, 2.45) is 5.92 Å². The van der Waals surface area contributed by atoms with Crippen molar-refractivity contribution < 1.29 is 38.1 Å². The van der Waals surface area contributed by atoms with E-state index in [1.807, 2.05) is 27.7 Å². The van der Waals surface area contributed by atoms with Gasteiger partial charge in [-0.2, -0.15) is 0 Å². The third-order valence-corrected chi connectivity index (χ3v) is 11.3. The SMILES string of the molecule is CC1(C)CC(OC(=O)C=C(C(=O)OC2CC(C)(C)NC(C)(C)C2)C(CC(=O)OC2CC(C)(C)NC(C)(C)C2)C(=O)OC2CC(C)(C)NC(C)(C)C2)CC(C)(C)N1. The van der Waals surface area contributed by atoms with Crippen LogP contribution in [0.3, 0.4) is 0 Å². The molecule has 0 radical (unpaired) electrons. The van der Waals surface area contributed by atoms with E-state index >= 15 is 0 Å². The van der Waals surface area contributed by atoms with Crippen LogP contribution in [0.2, 0.25) is 0 Å². The zero-order valence-electron chi connectivity index (χ0n) is 37.6. The maximum atomic E-state index is 14.6. The minimum Gasteiger partial charge on any atom is -0.462 e. The van der Waals surface area contributed by atoms with Gasteiger partial charge in [-0.3, -0.25) is 9.59 Å². The van der Waals surface area contributed by atoms with E-state index in [1.165, 1.54) is 0 Å². The molecule has 4 rings (SSSR count). The van der Waals surface area contributed by atoms with Crippen molar-refractivity contribution in [3.8, 4) is 0 Å². The second-order valence-electron chi connectivity index (χ2n) is 22.8. The van der Waals surface area contributed by atoms with Gasteiger partial charge < -0.3 is 40.2 Å². The highest BCUT2D eigenvalue weighted by Gasteiger charge is 2.46. The Balaban J connectivity index is 1.72. The second kappa shape index (κ2) is 15.9. The Morgan fingerprint density at radius 2 is 0.750 bits per heavy atom. The van der Waals surface area contributed by atoms with Gasteiger partial charge in [0, 0.05) is 102 Å². The van der Waals surface area contributed by atoms with Gasteiger partial charge in [-0.15, -0.1) is 0 Å². The van der Waals surface area contributed by atoms with Gasteiger partial charge in [0.25, 0.3) is 0 Å². The largest absolute Gasteiger partial charge is 0.462 e. The number of rotatable bonds is 10. The summed E-state index contributed by atoms with van der Waals surface area (Å²) < 4.78 is 24.6. The molecule has 0 amide bonds. The van der Waals surface area contributed by atoms with Gasteiger partial charge in [0.15, 0.2) is 0 Å². The van der Waals surface area contributed by atoms with Crippen LogP contribution < -0.4 is 21.3 Å². The van der Waals surface area contributed by atoms with Crippen molar-refractivity contribution in [3.63, 3.8) is 0 Å². The Hall–Kier alpha value is -2.54. The third-order valence-electron chi connectivity index (χ3n) is 11.3. The van der Waals surface area contributed by atoms with Gasteiger partial charge in [-0.05, 0) is 111 Å². The normalized spacial score (nSPS) is 27.7. The number of hydrogen-bond donors (Lipinski definition) is 4. The highest BCUT2D eigenvalue weighted by atomic mass is 16.6. The summed E-state index contributed by atoms with van der Waals surface area (Å²) in [5, 5.41) is 14.4. The summed E-state index contributed by atoms with van der Waals surface area (Å²) in [6, 6.07) is 0. The second-order valence-corrected chi connectivity index (χ2v) is 22.8. The lowest BCUT2D eigenvalue weighted by Crippen LogP contribution is -2.60. The molecule has 4 aliphatic rings. The average Bonchev–Trinajstić information content (AvgIpc) is 2.87. The summed E-state index contributed by atoms with van der Waals surface area (Å²) in [4.78, 5) is 57.1. The highest BCUT2D eigenvalue weighted by Crippen LogP contribution is 2.36. The van der Waals surface area contributed by atoms with Gasteiger partial charge in [0.05, 0.1) is 17.9 Å². The van der Waals surface area contributed by atoms with E-state index in [9.17, 15) is 19.2 Å². The first-order chi connectivity index (χ1) is 25.1. The minimum absolute atomic E-state index is 0.267. The van der Waals surface area contributed by atoms with Crippen LogP contribution in [0, 0.1) is 5.92 Å². The number of esters is 4. The smallest absolute Gasteiger partial charge is 0.335 e. The molecule has 0 aromatic carbocycles. The van der Waals surface area contributed by atoms with Crippen LogP contribution in [-0.2, 0) is 38.1 Å². The van der Waals surface area contributed by atoms with Crippen LogP contribution in [0.15, 0.2) is 11.6 Å². The fraction of sp³-hybridized carbons (Fsp3) is 0.864. The van der Waals surface area contributed by atoms with E-state index in [0.717, 1.165) is 6.08 Å². The molecule has 0 aliphatic carbocycles. The van der Waals surface area contributed by atoms with Gasteiger partial charge in [0.1, 0.15) is 24.4 Å². The Kier molecular flexibility index (Phi) is 13.1. The molecule has 0 aromatic heterocycles. The van der Waals surface area contributed by atoms with E-state index in [4.69, 9.17) is 18.9 Å². The lowest BCUT2D eigenvalue weighted by Gasteiger charge is -2.46. The molecule has 56 heavy (non-hydrogen) atoms. The standard InChI is InChI=1S/C44H76N4O8/c1-37(2)19-27(20-38(3,4)45-37)53-33(49)17-31(35(51)55-29-23-41(9,10)47-42(11,12)24-29)32(36(52)56-30-25-43(13,14)48-44(15,16)26-30)18-34(50)54-28-21-39(5,6)46-40(7,8)22-28/h17,27-30,32,45-48H,18-26H2,1-16H3.